The van der Waals surface area contributed by atoms with Gasteiger partial charge in [0.1, 0.15) is 11.9 Å². The number of carbonyl (C=O) groups excluding carboxylic acids is 1. The van der Waals surface area contributed by atoms with Gasteiger partial charge in [0.15, 0.2) is 0 Å². The lowest BCUT2D eigenvalue weighted by Crippen LogP contribution is -2.31. The van der Waals surface area contributed by atoms with Gasteiger partial charge in [-0.2, -0.15) is 0 Å². The van der Waals surface area contributed by atoms with Gasteiger partial charge in [-0.25, -0.2) is 4.39 Å². The molecule has 102 valence electrons. The van der Waals surface area contributed by atoms with E-state index in [4.69, 9.17) is 17.3 Å². The number of nitrogens with zero attached hydrogens (tertiary/aromatic N) is 1. The quantitative estimate of drug-likeness (QED) is 0.924. The molecule has 0 spiro atoms. The Labute approximate surface area is 120 Å². The molecule has 2 aromatic carbocycles. The third kappa shape index (κ3) is 2.17. The van der Waals surface area contributed by atoms with Crippen molar-refractivity contribution in [1.29, 1.82) is 0 Å². The van der Waals surface area contributed by atoms with E-state index in [-0.39, 0.29) is 11.7 Å². The average molecular weight is 291 g/mol. The highest BCUT2D eigenvalue weighted by molar-refractivity contribution is 6.31. The Morgan fingerprint density at radius 1 is 1.20 bits per heavy atom. The Balaban J connectivity index is 1.95. The first-order valence-corrected chi connectivity index (χ1v) is 6.55. The minimum absolute atomic E-state index is 0.174. The molecule has 3 nitrogen and oxygen atoms in total. The van der Waals surface area contributed by atoms with Crippen molar-refractivity contribution in [3.05, 3.63) is 64.4 Å². The fourth-order valence-corrected chi connectivity index (χ4v) is 2.56. The van der Waals surface area contributed by atoms with Crippen molar-refractivity contribution in [3.8, 4) is 0 Å². The van der Waals surface area contributed by atoms with Crippen molar-refractivity contribution >= 4 is 23.2 Å². The van der Waals surface area contributed by atoms with Crippen molar-refractivity contribution in [1.82, 2.24) is 0 Å². The van der Waals surface area contributed by atoms with E-state index in [9.17, 15) is 9.18 Å². The highest BCUT2D eigenvalue weighted by Crippen LogP contribution is 2.37. The number of benzene rings is 2. The van der Waals surface area contributed by atoms with Crippen LogP contribution in [0, 0.1) is 5.82 Å². The monoisotopic (exact) mass is 290 g/mol. The molecule has 2 aromatic rings. The van der Waals surface area contributed by atoms with E-state index in [2.05, 4.69) is 0 Å². The molecule has 0 radical (unpaired) electrons. The van der Waals surface area contributed by atoms with Gasteiger partial charge in [0.25, 0.3) is 0 Å². The zero-order chi connectivity index (χ0) is 14.3. The third-order valence-electron chi connectivity index (χ3n) is 3.40. The summed E-state index contributed by atoms with van der Waals surface area (Å²) in [5.74, 6) is -0.475. The van der Waals surface area contributed by atoms with E-state index in [1.165, 1.54) is 12.1 Å². The van der Waals surface area contributed by atoms with Gasteiger partial charge in [-0.1, -0.05) is 23.7 Å². The minimum Gasteiger partial charge on any atom is -0.316 e. The Morgan fingerprint density at radius 2 is 1.90 bits per heavy atom. The number of carbonyl (C=O) groups is 1. The summed E-state index contributed by atoms with van der Waals surface area (Å²) < 4.78 is 12.9. The molecule has 0 unspecified atom stereocenters. The van der Waals surface area contributed by atoms with Gasteiger partial charge < -0.3 is 10.6 Å². The summed E-state index contributed by atoms with van der Waals surface area (Å²) in [5, 5.41) is 0.552. The van der Waals surface area contributed by atoms with Gasteiger partial charge in [-0.05, 0) is 35.9 Å². The Bertz CT molecular complexity index is 672. The second kappa shape index (κ2) is 4.89. The summed E-state index contributed by atoms with van der Waals surface area (Å²) in [7, 11) is 0. The van der Waals surface area contributed by atoms with Crippen LogP contribution in [0.4, 0.5) is 10.1 Å². The number of amides is 1. The van der Waals surface area contributed by atoms with Crippen molar-refractivity contribution < 1.29 is 9.18 Å². The molecule has 1 amide bonds. The number of hydrogen-bond acceptors (Lipinski definition) is 2. The fourth-order valence-electron chi connectivity index (χ4n) is 2.38. The van der Waals surface area contributed by atoms with Crippen LogP contribution in [0.15, 0.2) is 42.5 Å². The maximum absolute atomic E-state index is 12.9. The lowest BCUT2D eigenvalue weighted by molar-refractivity contribution is -0.119. The molecule has 5 heteroatoms. The molecule has 20 heavy (non-hydrogen) atoms. The lowest BCUT2D eigenvalue weighted by Gasteiger charge is -2.17. The molecule has 1 aliphatic rings. The summed E-state index contributed by atoms with van der Waals surface area (Å²) in [5.41, 5.74) is 8.25. The highest BCUT2D eigenvalue weighted by atomic mass is 35.5. The van der Waals surface area contributed by atoms with Crippen LogP contribution < -0.4 is 10.6 Å². The van der Waals surface area contributed by atoms with Gasteiger partial charge in [-0.3, -0.25) is 4.79 Å². The number of halogens is 2. The van der Waals surface area contributed by atoms with Crippen LogP contribution in [-0.2, 0) is 11.3 Å². The molecule has 3 rings (SSSR count). The zero-order valence-corrected chi connectivity index (χ0v) is 11.3. The molecule has 0 aliphatic carbocycles. The van der Waals surface area contributed by atoms with E-state index in [0.717, 1.165) is 16.8 Å². The highest BCUT2D eigenvalue weighted by Gasteiger charge is 2.34. The third-order valence-corrected chi connectivity index (χ3v) is 3.64. The standard InChI is InChI=1S/C15H12ClFN2O/c16-10-3-6-13-12(7-10)14(18)15(20)19(13)8-9-1-4-11(17)5-2-9/h1-7,14H,8,18H2/t14-/m1/s1. The molecule has 2 N–H and O–H groups in total. The number of anilines is 1. The second-order valence-corrected chi connectivity index (χ2v) is 5.17. The Morgan fingerprint density at radius 3 is 2.60 bits per heavy atom. The van der Waals surface area contributed by atoms with Crippen molar-refractivity contribution in [2.45, 2.75) is 12.6 Å². The van der Waals surface area contributed by atoms with E-state index < -0.39 is 6.04 Å². The molecular weight excluding hydrogens is 279 g/mol. The molecule has 0 bridgehead atoms. The van der Waals surface area contributed by atoms with E-state index in [1.54, 1.807) is 35.2 Å². The van der Waals surface area contributed by atoms with E-state index in [0.29, 0.717) is 11.6 Å². The van der Waals surface area contributed by atoms with Gasteiger partial charge in [0.05, 0.1) is 6.54 Å². The predicted octanol–water partition coefficient (Wildman–Crippen LogP) is 3.03. The summed E-state index contributed by atoms with van der Waals surface area (Å²) in [6.45, 7) is 0.363. The van der Waals surface area contributed by atoms with Crippen LogP contribution in [0.5, 0.6) is 0 Å². The smallest absolute Gasteiger partial charge is 0.248 e. The molecule has 1 atom stereocenters. The molecule has 0 saturated carbocycles. The van der Waals surface area contributed by atoms with Crippen LogP contribution in [0.25, 0.3) is 0 Å². The first kappa shape index (κ1) is 13.1. The average Bonchev–Trinajstić information content (AvgIpc) is 2.66. The van der Waals surface area contributed by atoms with Gasteiger partial charge >= 0.3 is 0 Å². The summed E-state index contributed by atoms with van der Waals surface area (Å²) in [6, 6.07) is 10.6. The normalized spacial score (nSPS) is 17.4. The summed E-state index contributed by atoms with van der Waals surface area (Å²) in [4.78, 5) is 13.8. The molecule has 0 aromatic heterocycles. The first-order chi connectivity index (χ1) is 9.56. The van der Waals surface area contributed by atoms with Crippen molar-refractivity contribution in [3.63, 3.8) is 0 Å². The van der Waals surface area contributed by atoms with E-state index >= 15 is 0 Å². The van der Waals surface area contributed by atoms with E-state index in [1.807, 2.05) is 0 Å². The number of fused-ring (bicyclic) bond motifs is 1. The SMILES string of the molecule is N[C@H]1C(=O)N(Cc2ccc(F)cc2)c2ccc(Cl)cc21. The second-order valence-electron chi connectivity index (χ2n) is 4.73. The minimum atomic E-state index is -0.691. The summed E-state index contributed by atoms with van der Waals surface area (Å²) in [6.07, 6.45) is 0. The number of hydrogen-bond donors (Lipinski definition) is 1. The van der Waals surface area contributed by atoms with Crippen LogP contribution in [0.2, 0.25) is 5.02 Å². The molecule has 1 aliphatic heterocycles. The maximum Gasteiger partial charge on any atom is 0.248 e. The molecule has 0 fully saturated rings. The van der Waals surface area contributed by atoms with Crippen molar-refractivity contribution in [2.24, 2.45) is 5.73 Å². The van der Waals surface area contributed by atoms with Crippen molar-refractivity contribution in [2.75, 3.05) is 4.90 Å². The lowest BCUT2D eigenvalue weighted by atomic mass is 10.1. The van der Waals surface area contributed by atoms with Crippen LogP contribution in [0.3, 0.4) is 0 Å². The fraction of sp³-hybridized carbons (Fsp3) is 0.133. The van der Waals surface area contributed by atoms with Gasteiger partial charge in [0.2, 0.25) is 5.91 Å². The number of nitrogens with two attached hydrogens (primary N) is 1. The Kier molecular flexibility index (Phi) is 3.20. The molecular formula is C15H12ClFN2O. The topological polar surface area (TPSA) is 46.3 Å². The number of rotatable bonds is 2. The maximum atomic E-state index is 12.9. The van der Waals surface area contributed by atoms with Crippen LogP contribution in [-0.4, -0.2) is 5.91 Å². The van der Waals surface area contributed by atoms with Crippen LogP contribution >= 0.6 is 11.6 Å². The molecule has 0 saturated heterocycles. The van der Waals surface area contributed by atoms with Gasteiger partial charge in [-0.15, -0.1) is 0 Å². The zero-order valence-electron chi connectivity index (χ0n) is 10.5. The van der Waals surface area contributed by atoms with Gasteiger partial charge in [0, 0.05) is 16.3 Å². The largest absolute Gasteiger partial charge is 0.316 e. The molecule has 1 heterocycles. The first-order valence-electron chi connectivity index (χ1n) is 6.17. The summed E-state index contributed by atoms with van der Waals surface area (Å²) >= 11 is 5.93. The predicted molar refractivity (Wildman–Crippen MR) is 76.0 cm³/mol. The van der Waals surface area contributed by atoms with Crippen LogP contribution in [0.1, 0.15) is 17.2 Å². The Hall–Kier alpha value is -1.91.